The molecule has 0 aromatic carbocycles. The summed E-state index contributed by atoms with van der Waals surface area (Å²) in [6.45, 7) is 4.19. The quantitative estimate of drug-likeness (QED) is 0.746. The van der Waals surface area contributed by atoms with E-state index in [0.717, 1.165) is 38.6 Å². The first-order valence-electron chi connectivity index (χ1n) is 7.01. The number of hydrogen-bond donors (Lipinski definition) is 2. The molecule has 0 spiro atoms. The zero-order chi connectivity index (χ0) is 13.0. The molecule has 2 unspecified atom stereocenters. The van der Waals surface area contributed by atoms with Crippen molar-refractivity contribution in [3.63, 3.8) is 0 Å². The van der Waals surface area contributed by atoms with E-state index < -0.39 is 5.97 Å². The van der Waals surface area contributed by atoms with Crippen LogP contribution in [-0.2, 0) is 4.79 Å². The SMILES string of the molecule is CNC1CCC(CN2CCCN(CC(=O)O)C2)C1. The van der Waals surface area contributed by atoms with Crippen LogP contribution in [0.2, 0.25) is 0 Å². The lowest BCUT2D eigenvalue weighted by molar-refractivity contribution is -0.139. The van der Waals surface area contributed by atoms with Gasteiger partial charge in [-0.3, -0.25) is 14.6 Å². The zero-order valence-electron chi connectivity index (χ0n) is 11.3. The predicted molar refractivity (Wildman–Crippen MR) is 70.5 cm³/mol. The molecule has 5 nitrogen and oxygen atoms in total. The van der Waals surface area contributed by atoms with Gasteiger partial charge >= 0.3 is 5.97 Å². The van der Waals surface area contributed by atoms with Crippen molar-refractivity contribution in [3.8, 4) is 0 Å². The molecule has 0 radical (unpaired) electrons. The number of nitrogens with one attached hydrogen (secondary N) is 1. The Morgan fingerprint density at radius 2 is 2.11 bits per heavy atom. The molecule has 0 amide bonds. The van der Waals surface area contributed by atoms with Gasteiger partial charge in [-0.25, -0.2) is 0 Å². The predicted octanol–water partition coefficient (Wildman–Crippen LogP) is 0.424. The second kappa shape index (κ2) is 6.50. The Bertz CT molecular complexity index is 285. The van der Waals surface area contributed by atoms with Gasteiger partial charge in [0, 0.05) is 25.7 Å². The summed E-state index contributed by atoms with van der Waals surface area (Å²) in [5, 5.41) is 12.2. The lowest BCUT2D eigenvalue weighted by Crippen LogP contribution is -2.47. The maximum absolute atomic E-state index is 10.7. The molecule has 2 aliphatic rings. The number of carboxylic acids is 1. The first kappa shape index (κ1) is 13.8. The van der Waals surface area contributed by atoms with Crippen LogP contribution in [0.25, 0.3) is 0 Å². The fourth-order valence-corrected chi connectivity index (χ4v) is 3.28. The maximum Gasteiger partial charge on any atom is 0.317 e. The van der Waals surface area contributed by atoms with E-state index in [0.29, 0.717) is 6.04 Å². The highest BCUT2D eigenvalue weighted by Gasteiger charge is 2.27. The summed E-state index contributed by atoms with van der Waals surface area (Å²) in [5.41, 5.74) is 0. The van der Waals surface area contributed by atoms with Crippen molar-refractivity contribution in [2.24, 2.45) is 5.92 Å². The van der Waals surface area contributed by atoms with Gasteiger partial charge in [-0.2, -0.15) is 0 Å². The summed E-state index contributed by atoms with van der Waals surface area (Å²) >= 11 is 0. The van der Waals surface area contributed by atoms with Gasteiger partial charge in [0.1, 0.15) is 0 Å². The van der Waals surface area contributed by atoms with Gasteiger partial charge in [0.15, 0.2) is 0 Å². The number of nitrogens with zero attached hydrogens (tertiary/aromatic N) is 2. The molecule has 104 valence electrons. The molecule has 1 heterocycles. The average molecular weight is 255 g/mol. The molecule has 0 aromatic rings. The van der Waals surface area contributed by atoms with Crippen LogP contribution in [0.4, 0.5) is 0 Å². The summed E-state index contributed by atoms with van der Waals surface area (Å²) in [6, 6.07) is 0.690. The second-order valence-electron chi connectivity index (χ2n) is 5.68. The summed E-state index contributed by atoms with van der Waals surface area (Å²) < 4.78 is 0. The summed E-state index contributed by atoms with van der Waals surface area (Å²) in [7, 11) is 2.04. The number of rotatable bonds is 5. The third-order valence-corrected chi connectivity index (χ3v) is 4.17. The first-order valence-corrected chi connectivity index (χ1v) is 7.01. The van der Waals surface area contributed by atoms with E-state index in [1.807, 2.05) is 11.9 Å². The van der Waals surface area contributed by atoms with Gasteiger partial charge in [0.05, 0.1) is 13.2 Å². The van der Waals surface area contributed by atoms with E-state index in [-0.39, 0.29) is 6.54 Å². The van der Waals surface area contributed by atoms with Crippen LogP contribution in [0.15, 0.2) is 0 Å². The van der Waals surface area contributed by atoms with Crippen LogP contribution < -0.4 is 5.32 Å². The van der Waals surface area contributed by atoms with Crippen molar-refractivity contribution >= 4 is 5.97 Å². The van der Waals surface area contributed by atoms with Crippen molar-refractivity contribution in [1.29, 1.82) is 0 Å². The van der Waals surface area contributed by atoms with E-state index in [4.69, 9.17) is 5.11 Å². The normalized spacial score (nSPS) is 30.7. The summed E-state index contributed by atoms with van der Waals surface area (Å²) in [6.07, 6.45) is 4.95. The lowest BCUT2D eigenvalue weighted by atomic mass is 10.1. The Kier molecular flexibility index (Phi) is 4.97. The van der Waals surface area contributed by atoms with Crippen molar-refractivity contribution in [3.05, 3.63) is 0 Å². The highest BCUT2D eigenvalue weighted by atomic mass is 16.4. The molecule has 2 fully saturated rings. The highest BCUT2D eigenvalue weighted by Crippen LogP contribution is 2.26. The average Bonchev–Trinajstić information content (AvgIpc) is 2.76. The molecule has 18 heavy (non-hydrogen) atoms. The van der Waals surface area contributed by atoms with Gasteiger partial charge in [0.2, 0.25) is 0 Å². The maximum atomic E-state index is 10.7. The van der Waals surface area contributed by atoms with Gasteiger partial charge in [-0.15, -0.1) is 0 Å². The Balaban J connectivity index is 1.74. The molecule has 0 bridgehead atoms. The van der Waals surface area contributed by atoms with Gasteiger partial charge in [-0.05, 0) is 38.6 Å². The van der Waals surface area contributed by atoms with E-state index in [1.165, 1.54) is 19.3 Å². The molecule has 5 heteroatoms. The molecular weight excluding hydrogens is 230 g/mol. The Morgan fingerprint density at radius 3 is 2.78 bits per heavy atom. The molecule has 2 atom stereocenters. The van der Waals surface area contributed by atoms with Gasteiger partial charge in [0.25, 0.3) is 0 Å². The van der Waals surface area contributed by atoms with Crippen LogP contribution in [0.5, 0.6) is 0 Å². The van der Waals surface area contributed by atoms with Crippen LogP contribution in [0.3, 0.4) is 0 Å². The monoisotopic (exact) mass is 255 g/mol. The third kappa shape index (κ3) is 3.93. The topological polar surface area (TPSA) is 55.8 Å². The molecule has 1 aliphatic carbocycles. The minimum Gasteiger partial charge on any atom is -0.480 e. The smallest absolute Gasteiger partial charge is 0.317 e. The molecule has 2 rings (SSSR count). The van der Waals surface area contributed by atoms with Crippen LogP contribution >= 0.6 is 0 Å². The van der Waals surface area contributed by atoms with E-state index in [2.05, 4.69) is 10.2 Å². The molecule has 1 aliphatic heterocycles. The molecule has 0 aromatic heterocycles. The van der Waals surface area contributed by atoms with Crippen LogP contribution in [0.1, 0.15) is 25.7 Å². The minimum atomic E-state index is -0.715. The molecular formula is C13H25N3O2. The van der Waals surface area contributed by atoms with Crippen molar-refractivity contribution in [2.75, 3.05) is 39.9 Å². The minimum absolute atomic E-state index is 0.181. The fourth-order valence-electron chi connectivity index (χ4n) is 3.28. The van der Waals surface area contributed by atoms with Crippen molar-refractivity contribution in [1.82, 2.24) is 15.1 Å². The Labute approximate surface area is 109 Å². The molecule has 1 saturated heterocycles. The zero-order valence-corrected chi connectivity index (χ0v) is 11.3. The molecule has 2 N–H and O–H groups in total. The number of hydrogen-bond acceptors (Lipinski definition) is 4. The summed E-state index contributed by atoms with van der Waals surface area (Å²) in [5.74, 6) is 0.0696. The molecule has 1 saturated carbocycles. The van der Waals surface area contributed by atoms with E-state index >= 15 is 0 Å². The summed E-state index contributed by atoms with van der Waals surface area (Å²) in [4.78, 5) is 15.2. The number of carboxylic acid groups (broad SMARTS) is 1. The van der Waals surface area contributed by atoms with Crippen LogP contribution in [0, 0.1) is 5.92 Å². The Morgan fingerprint density at radius 1 is 1.33 bits per heavy atom. The van der Waals surface area contributed by atoms with E-state index in [9.17, 15) is 4.79 Å². The standard InChI is InChI=1S/C13H25N3O2/c1-14-12-4-3-11(7-12)8-15-5-2-6-16(10-15)9-13(17)18/h11-12,14H,2-10H2,1H3,(H,17,18). The largest absolute Gasteiger partial charge is 0.480 e. The number of aliphatic carboxylic acids is 1. The van der Waals surface area contributed by atoms with Gasteiger partial charge < -0.3 is 10.4 Å². The third-order valence-electron chi connectivity index (χ3n) is 4.17. The van der Waals surface area contributed by atoms with Crippen molar-refractivity contribution in [2.45, 2.75) is 31.7 Å². The lowest BCUT2D eigenvalue weighted by Gasteiger charge is -2.36. The number of carbonyl (C=O) groups is 1. The first-order chi connectivity index (χ1) is 8.67. The highest BCUT2D eigenvalue weighted by molar-refractivity contribution is 5.69. The van der Waals surface area contributed by atoms with Gasteiger partial charge in [-0.1, -0.05) is 0 Å². The second-order valence-corrected chi connectivity index (χ2v) is 5.68. The van der Waals surface area contributed by atoms with Crippen molar-refractivity contribution < 1.29 is 9.90 Å². The fraction of sp³-hybridized carbons (Fsp3) is 0.923. The Hall–Kier alpha value is -0.650. The van der Waals surface area contributed by atoms with Crippen LogP contribution in [-0.4, -0.2) is 66.8 Å². The van der Waals surface area contributed by atoms with E-state index in [1.54, 1.807) is 0 Å².